The standard InChI is InChI=1S/C22H31N3O3/c1-18-8-10-20(11-9-18)28-15-12-24-22(23-2)25-17-19-6-4-7-21(16-19)27-14-5-13-26-3/h4,6-11,16H,5,12-15,17H2,1-3H3,(H2,23,24,25). The number of aryl methyl sites for hydroxylation is 1. The molecule has 0 radical (unpaired) electrons. The van der Waals surface area contributed by atoms with Crippen LogP contribution in [0.15, 0.2) is 53.5 Å². The summed E-state index contributed by atoms with van der Waals surface area (Å²) in [7, 11) is 3.45. The first-order valence-corrected chi connectivity index (χ1v) is 9.56. The van der Waals surface area contributed by atoms with Gasteiger partial charge in [-0.3, -0.25) is 4.99 Å². The Bertz CT molecular complexity index is 717. The molecule has 28 heavy (non-hydrogen) atoms. The lowest BCUT2D eigenvalue weighted by molar-refractivity contribution is 0.172. The summed E-state index contributed by atoms with van der Waals surface area (Å²) in [5, 5.41) is 6.56. The number of rotatable bonds is 11. The molecule has 2 N–H and O–H groups in total. The Kier molecular flexibility index (Phi) is 9.72. The molecule has 0 saturated heterocycles. The molecule has 2 aromatic carbocycles. The van der Waals surface area contributed by atoms with Gasteiger partial charge in [-0.05, 0) is 36.8 Å². The third-order valence-corrected chi connectivity index (χ3v) is 4.03. The molecular weight excluding hydrogens is 354 g/mol. The second kappa shape index (κ2) is 12.6. The van der Waals surface area contributed by atoms with Gasteiger partial charge in [-0.1, -0.05) is 29.8 Å². The van der Waals surface area contributed by atoms with Gasteiger partial charge in [-0.25, -0.2) is 0 Å². The molecule has 0 amide bonds. The van der Waals surface area contributed by atoms with Crippen LogP contribution in [0.2, 0.25) is 0 Å². The van der Waals surface area contributed by atoms with Crippen LogP contribution in [0.5, 0.6) is 11.5 Å². The lowest BCUT2D eigenvalue weighted by atomic mass is 10.2. The molecular formula is C22H31N3O3. The summed E-state index contributed by atoms with van der Waals surface area (Å²) in [5.41, 5.74) is 2.35. The molecule has 2 aromatic rings. The Morgan fingerprint density at radius 2 is 1.71 bits per heavy atom. The van der Waals surface area contributed by atoms with Crippen LogP contribution in [0.3, 0.4) is 0 Å². The van der Waals surface area contributed by atoms with E-state index in [1.54, 1.807) is 14.2 Å². The summed E-state index contributed by atoms with van der Waals surface area (Å²) >= 11 is 0. The van der Waals surface area contributed by atoms with Crippen molar-refractivity contribution < 1.29 is 14.2 Å². The van der Waals surface area contributed by atoms with Crippen LogP contribution in [0.4, 0.5) is 0 Å². The molecule has 0 aliphatic carbocycles. The average Bonchev–Trinajstić information content (AvgIpc) is 2.72. The fraction of sp³-hybridized carbons (Fsp3) is 0.409. The normalized spacial score (nSPS) is 11.2. The predicted molar refractivity (Wildman–Crippen MR) is 113 cm³/mol. The first kappa shape index (κ1) is 21.6. The van der Waals surface area contributed by atoms with E-state index in [0.717, 1.165) is 29.4 Å². The number of nitrogens with zero attached hydrogens (tertiary/aromatic N) is 1. The van der Waals surface area contributed by atoms with Gasteiger partial charge in [-0.2, -0.15) is 0 Å². The van der Waals surface area contributed by atoms with Gasteiger partial charge in [0.25, 0.3) is 0 Å². The van der Waals surface area contributed by atoms with Gasteiger partial charge in [0, 0.05) is 33.7 Å². The summed E-state index contributed by atoms with van der Waals surface area (Å²) < 4.78 is 16.5. The molecule has 0 bridgehead atoms. The Hall–Kier alpha value is -2.73. The van der Waals surface area contributed by atoms with Crippen molar-refractivity contribution in [3.05, 3.63) is 59.7 Å². The van der Waals surface area contributed by atoms with Gasteiger partial charge in [0.2, 0.25) is 0 Å². The van der Waals surface area contributed by atoms with E-state index >= 15 is 0 Å². The van der Waals surface area contributed by atoms with Crippen molar-refractivity contribution in [1.29, 1.82) is 0 Å². The Balaban J connectivity index is 1.69. The van der Waals surface area contributed by atoms with E-state index in [-0.39, 0.29) is 0 Å². The van der Waals surface area contributed by atoms with Gasteiger partial charge >= 0.3 is 0 Å². The minimum Gasteiger partial charge on any atom is -0.493 e. The Morgan fingerprint density at radius 1 is 0.929 bits per heavy atom. The highest BCUT2D eigenvalue weighted by molar-refractivity contribution is 5.79. The topological polar surface area (TPSA) is 64.1 Å². The van der Waals surface area contributed by atoms with E-state index in [2.05, 4.69) is 28.6 Å². The summed E-state index contributed by atoms with van der Waals surface area (Å²) in [6.07, 6.45) is 0.875. The van der Waals surface area contributed by atoms with Gasteiger partial charge in [0.05, 0.1) is 13.2 Å². The van der Waals surface area contributed by atoms with Gasteiger partial charge in [0.15, 0.2) is 5.96 Å². The van der Waals surface area contributed by atoms with Crippen molar-refractivity contribution in [2.75, 3.05) is 40.5 Å². The molecule has 0 atom stereocenters. The molecule has 152 valence electrons. The minimum atomic E-state index is 0.564. The highest BCUT2D eigenvalue weighted by atomic mass is 16.5. The average molecular weight is 386 g/mol. The molecule has 0 saturated carbocycles. The monoisotopic (exact) mass is 385 g/mol. The maximum atomic E-state index is 5.74. The second-order valence-corrected chi connectivity index (χ2v) is 6.36. The number of benzene rings is 2. The number of aliphatic imine (C=N–C) groups is 1. The van der Waals surface area contributed by atoms with E-state index in [9.17, 15) is 0 Å². The van der Waals surface area contributed by atoms with E-state index in [0.29, 0.717) is 32.9 Å². The van der Waals surface area contributed by atoms with Crippen molar-refractivity contribution >= 4 is 5.96 Å². The van der Waals surface area contributed by atoms with Crippen LogP contribution in [0, 0.1) is 6.92 Å². The number of nitrogens with one attached hydrogen (secondary N) is 2. The summed E-state index contributed by atoms with van der Waals surface area (Å²) in [6.45, 7) is 5.30. The SMILES string of the molecule is CN=C(NCCOc1ccc(C)cc1)NCc1cccc(OCCCOC)c1. The smallest absolute Gasteiger partial charge is 0.191 e. The largest absolute Gasteiger partial charge is 0.493 e. The highest BCUT2D eigenvalue weighted by Crippen LogP contribution is 2.13. The quantitative estimate of drug-likeness (QED) is 0.353. The van der Waals surface area contributed by atoms with Crippen LogP contribution in [-0.2, 0) is 11.3 Å². The van der Waals surface area contributed by atoms with Gasteiger partial charge in [0.1, 0.15) is 18.1 Å². The maximum absolute atomic E-state index is 5.74. The van der Waals surface area contributed by atoms with Crippen molar-refractivity contribution in [1.82, 2.24) is 10.6 Å². The number of ether oxygens (including phenoxy) is 3. The summed E-state index contributed by atoms with van der Waals surface area (Å²) in [4.78, 5) is 4.25. The molecule has 0 fully saturated rings. The first-order valence-electron chi connectivity index (χ1n) is 9.56. The Morgan fingerprint density at radius 3 is 2.46 bits per heavy atom. The zero-order valence-electron chi connectivity index (χ0n) is 17.0. The fourth-order valence-corrected chi connectivity index (χ4v) is 2.52. The van der Waals surface area contributed by atoms with E-state index in [1.165, 1.54) is 5.56 Å². The first-order chi connectivity index (χ1) is 13.7. The third-order valence-electron chi connectivity index (χ3n) is 4.03. The zero-order chi connectivity index (χ0) is 20.0. The van der Waals surface area contributed by atoms with Crippen LogP contribution >= 0.6 is 0 Å². The number of guanidine groups is 1. The lowest BCUT2D eigenvalue weighted by Gasteiger charge is -2.13. The molecule has 6 nitrogen and oxygen atoms in total. The number of hydrogen-bond acceptors (Lipinski definition) is 4. The maximum Gasteiger partial charge on any atom is 0.191 e. The summed E-state index contributed by atoms with van der Waals surface area (Å²) in [6, 6.07) is 16.1. The third kappa shape index (κ3) is 8.31. The minimum absolute atomic E-state index is 0.564. The molecule has 0 unspecified atom stereocenters. The molecule has 6 heteroatoms. The van der Waals surface area contributed by atoms with E-state index in [1.807, 2.05) is 42.5 Å². The van der Waals surface area contributed by atoms with Crippen LogP contribution in [0.1, 0.15) is 17.5 Å². The second-order valence-electron chi connectivity index (χ2n) is 6.36. The molecule has 0 aliphatic heterocycles. The van der Waals surface area contributed by atoms with Crippen molar-refractivity contribution in [3.8, 4) is 11.5 Å². The molecule has 0 spiro atoms. The molecule has 2 rings (SSSR count). The van der Waals surface area contributed by atoms with Gasteiger partial charge in [-0.15, -0.1) is 0 Å². The molecule has 0 aromatic heterocycles. The number of methoxy groups -OCH3 is 1. The van der Waals surface area contributed by atoms with Crippen molar-refractivity contribution in [3.63, 3.8) is 0 Å². The number of hydrogen-bond donors (Lipinski definition) is 2. The molecule has 0 aliphatic rings. The van der Waals surface area contributed by atoms with Gasteiger partial charge < -0.3 is 24.8 Å². The van der Waals surface area contributed by atoms with Crippen molar-refractivity contribution in [2.24, 2.45) is 4.99 Å². The van der Waals surface area contributed by atoms with Crippen LogP contribution in [0.25, 0.3) is 0 Å². The van der Waals surface area contributed by atoms with Crippen molar-refractivity contribution in [2.45, 2.75) is 19.9 Å². The Labute approximate surface area is 167 Å². The predicted octanol–water partition coefficient (Wildman–Crippen LogP) is 3.15. The lowest BCUT2D eigenvalue weighted by Crippen LogP contribution is -2.38. The molecule has 0 heterocycles. The van der Waals surface area contributed by atoms with Crippen LogP contribution in [-0.4, -0.2) is 46.5 Å². The fourth-order valence-electron chi connectivity index (χ4n) is 2.52. The highest BCUT2D eigenvalue weighted by Gasteiger charge is 2.01. The van der Waals surface area contributed by atoms with E-state index < -0.39 is 0 Å². The summed E-state index contributed by atoms with van der Waals surface area (Å²) in [5.74, 6) is 2.47. The van der Waals surface area contributed by atoms with E-state index in [4.69, 9.17) is 14.2 Å². The van der Waals surface area contributed by atoms with Crippen LogP contribution < -0.4 is 20.1 Å². The zero-order valence-corrected chi connectivity index (χ0v) is 17.0.